The lowest BCUT2D eigenvalue weighted by atomic mass is 9.88. The molecule has 5 heteroatoms. The standard InChI is InChI=1S/C17H17NO3S/c1-10-7-8-12-13(9-10)22-16(14(12)17(20)21)18-15(19)11-5-3-2-4-6-11/h2-6,10H,7-9H2,1H3,(H,18,19)(H,20,21)/p-1/t10-/m1/s1. The summed E-state index contributed by atoms with van der Waals surface area (Å²) in [5.74, 6) is -0.969. The van der Waals surface area contributed by atoms with Crippen LogP contribution in [0.1, 0.15) is 44.5 Å². The van der Waals surface area contributed by atoms with Crippen molar-refractivity contribution in [2.24, 2.45) is 5.92 Å². The number of thiophene rings is 1. The van der Waals surface area contributed by atoms with E-state index in [2.05, 4.69) is 12.2 Å². The van der Waals surface area contributed by atoms with E-state index in [0.29, 0.717) is 16.5 Å². The first-order valence-corrected chi connectivity index (χ1v) is 8.10. The minimum atomic E-state index is -1.21. The maximum absolute atomic E-state index is 12.2. The quantitative estimate of drug-likeness (QED) is 0.946. The summed E-state index contributed by atoms with van der Waals surface area (Å²) in [7, 11) is 0. The zero-order valence-corrected chi connectivity index (χ0v) is 13.0. The smallest absolute Gasteiger partial charge is 0.256 e. The number of anilines is 1. The van der Waals surface area contributed by atoms with Gasteiger partial charge < -0.3 is 15.2 Å². The summed E-state index contributed by atoms with van der Waals surface area (Å²) < 4.78 is 0. The highest BCUT2D eigenvalue weighted by atomic mass is 32.1. The minimum absolute atomic E-state index is 0.163. The molecule has 0 radical (unpaired) electrons. The predicted octanol–water partition coefficient (Wildman–Crippen LogP) is 2.49. The van der Waals surface area contributed by atoms with Gasteiger partial charge in [-0.2, -0.15) is 0 Å². The van der Waals surface area contributed by atoms with Gasteiger partial charge in [-0.15, -0.1) is 11.3 Å². The number of aromatic carboxylic acids is 1. The Kier molecular flexibility index (Phi) is 3.98. The molecule has 114 valence electrons. The molecular weight excluding hydrogens is 298 g/mol. The monoisotopic (exact) mass is 314 g/mol. The first-order valence-electron chi connectivity index (χ1n) is 7.28. The largest absolute Gasteiger partial charge is 0.545 e. The van der Waals surface area contributed by atoms with Gasteiger partial charge >= 0.3 is 0 Å². The number of amides is 1. The molecule has 0 unspecified atom stereocenters. The highest BCUT2D eigenvalue weighted by Crippen LogP contribution is 2.39. The molecule has 22 heavy (non-hydrogen) atoms. The molecule has 1 aliphatic rings. The third kappa shape index (κ3) is 2.76. The lowest BCUT2D eigenvalue weighted by Crippen LogP contribution is -2.26. The third-order valence-corrected chi connectivity index (χ3v) is 5.15. The molecule has 0 aliphatic heterocycles. The molecule has 1 aliphatic carbocycles. The van der Waals surface area contributed by atoms with Gasteiger partial charge in [-0.3, -0.25) is 4.79 Å². The molecule has 0 spiro atoms. The molecule has 1 N–H and O–H groups in total. The Bertz CT molecular complexity index is 721. The lowest BCUT2D eigenvalue weighted by Gasteiger charge is -2.19. The Balaban J connectivity index is 1.94. The summed E-state index contributed by atoms with van der Waals surface area (Å²) in [4.78, 5) is 24.8. The average molecular weight is 314 g/mol. The Morgan fingerprint density at radius 1 is 1.27 bits per heavy atom. The maximum Gasteiger partial charge on any atom is 0.256 e. The summed E-state index contributed by atoms with van der Waals surface area (Å²) in [6.07, 6.45) is 2.56. The van der Waals surface area contributed by atoms with Crippen LogP contribution in [0.15, 0.2) is 30.3 Å². The number of carboxylic acids is 1. The molecule has 1 atom stereocenters. The van der Waals surface area contributed by atoms with E-state index in [9.17, 15) is 14.7 Å². The van der Waals surface area contributed by atoms with Crippen LogP contribution in [0.2, 0.25) is 0 Å². The number of nitrogens with one attached hydrogen (secondary N) is 1. The number of hydrogen-bond acceptors (Lipinski definition) is 4. The number of benzene rings is 1. The predicted molar refractivity (Wildman–Crippen MR) is 84.2 cm³/mol. The summed E-state index contributed by atoms with van der Waals surface area (Å²) >= 11 is 1.36. The van der Waals surface area contributed by atoms with Gasteiger partial charge in [0.15, 0.2) is 0 Å². The van der Waals surface area contributed by atoms with E-state index < -0.39 is 5.97 Å². The fourth-order valence-electron chi connectivity index (χ4n) is 2.82. The van der Waals surface area contributed by atoms with E-state index >= 15 is 0 Å². The van der Waals surface area contributed by atoms with Crippen LogP contribution in [0.3, 0.4) is 0 Å². The average Bonchev–Trinajstić information content (AvgIpc) is 2.85. The van der Waals surface area contributed by atoms with Gasteiger partial charge in [0, 0.05) is 16.0 Å². The van der Waals surface area contributed by atoms with E-state index in [-0.39, 0.29) is 11.5 Å². The van der Waals surface area contributed by atoms with Crippen molar-refractivity contribution >= 4 is 28.2 Å². The van der Waals surface area contributed by atoms with Gasteiger partial charge in [-0.1, -0.05) is 25.1 Å². The lowest BCUT2D eigenvalue weighted by molar-refractivity contribution is -0.254. The summed E-state index contributed by atoms with van der Waals surface area (Å²) in [5, 5.41) is 14.6. The maximum atomic E-state index is 12.2. The topological polar surface area (TPSA) is 69.2 Å². The van der Waals surface area contributed by atoms with E-state index in [0.717, 1.165) is 29.7 Å². The molecule has 1 aromatic heterocycles. The first kappa shape index (κ1) is 14.8. The van der Waals surface area contributed by atoms with E-state index in [1.807, 2.05) is 6.07 Å². The molecule has 0 saturated heterocycles. The normalized spacial score (nSPS) is 16.9. The minimum Gasteiger partial charge on any atom is -0.545 e. The second-order valence-corrected chi connectivity index (χ2v) is 6.77. The van der Waals surface area contributed by atoms with Crippen molar-refractivity contribution in [2.75, 3.05) is 5.32 Å². The number of hydrogen-bond donors (Lipinski definition) is 1. The summed E-state index contributed by atoms with van der Waals surface area (Å²) in [6.45, 7) is 2.16. The number of carbonyl (C=O) groups is 2. The Hall–Kier alpha value is -2.14. The van der Waals surface area contributed by atoms with E-state index in [1.54, 1.807) is 24.3 Å². The van der Waals surface area contributed by atoms with E-state index in [4.69, 9.17) is 0 Å². The second kappa shape index (κ2) is 5.93. The molecule has 2 aromatic rings. The van der Waals surface area contributed by atoms with Crippen molar-refractivity contribution in [3.8, 4) is 0 Å². The van der Waals surface area contributed by atoms with Crippen LogP contribution < -0.4 is 10.4 Å². The van der Waals surface area contributed by atoms with Crippen LogP contribution in [0.25, 0.3) is 0 Å². The highest BCUT2D eigenvalue weighted by Gasteiger charge is 2.25. The van der Waals surface area contributed by atoms with Crippen molar-refractivity contribution in [1.29, 1.82) is 0 Å². The molecule has 0 bridgehead atoms. The summed E-state index contributed by atoms with van der Waals surface area (Å²) in [5.41, 5.74) is 1.51. The third-order valence-electron chi connectivity index (χ3n) is 3.98. The van der Waals surface area contributed by atoms with Gasteiger partial charge in [0.2, 0.25) is 0 Å². The van der Waals surface area contributed by atoms with Gasteiger partial charge in [-0.25, -0.2) is 0 Å². The van der Waals surface area contributed by atoms with Crippen molar-refractivity contribution in [3.63, 3.8) is 0 Å². The second-order valence-electron chi connectivity index (χ2n) is 5.66. The van der Waals surface area contributed by atoms with Crippen LogP contribution in [-0.2, 0) is 12.8 Å². The van der Waals surface area contributed by atoms with Gasteiger partial charge in [0.05, 0.1) is 5.97 Å². The Morgan fingerprint density at radius 3 is 2.68 bits per heavy atom. The van der Waals surface area contributed by atoms with Crippen LogP contribution >= 0.6 is 11.3 Å². The molecule has 4 nitrogen and oxygen atoms in total. The van der Waals surface area contributed by atoms with Crippen LogP contribution in [-0.4, -0.2) is 11.9 Å². The van der Waals surface area contributed by atoms with Gasteiger partial charge in [-0.05, 0) is 42.9 Å². The summed E-state index contributed by atoms with van der Waals surface area (Å²) in [6, 6.07) is 8.77. The van der Waals surface area contributed by atoms with Crippen LogP contribution in [0.5, 0.6) is 0 Å². The Labute approximate surface area is 132 Å². The number of fused-ring (bicyclic) bond motifs is 1. The zero-order valence-electron chi connectivity index (χ0n) is 12.2. The fourth-order valence-corrected chi connectivity index (χ4v) is 4.21. The van der Waals surface area contributed by atoms with Gasteiger partial charge in [0.1, 0.15) is 5.00 Å². The van der Waals surface area contributed by atoms with Crippen LogP contribution in [0, 0.1) is 5.92 Å². The molecule has 3 rings (SSSR count). The van der Waals surface area contributed by atoms with E-state index in [1.165, 1.54) is 11.3 Å². The molecular formula is C17H16NO3S-. The molecule has 0 fully saturated rings. The van der Waals surface area contributed by atoms with Crippen molar-refractivity contribution in [1.82, 2.24) is 0 Å². The van der Waals surface area contributed by atoms with Crippen molar-refractivity contribution in [3.05, 3.63) is 51.9 Å². The van der Waals surface area contributed by atoms with Crippen LogP contribution in [0.4, 0.5) is 5.00 Å². The van der Waals surface area contributed by atoms with Crippen molar-refractivity contribution in [2.45, 2.75) is 26.2 Å². The molecule has 1 amide bonds. The molecule has 0 saturated carbocycles. The number of rotatable bonds is 3. The number of carboxylic acid groups (broad SMARTS) is 1. The fraction of sp³-hybridized carbons (Fsp3) is 0.294. The Morgan fingerprint density at radius 2 is 2.00 bits per heavy atom. The molecule has 1 heterocycles. The number of carbonyl (C=O) groups excluding carboxylic acids is 2. The highest BCUT2D eigenvalue weighted by molar-refractivity contribution is 7.17. The zero-order chi connectivity index (χ0) is 15.7. The van der Waals surface area contributed by atoms with Gasteiger partial charge in [0.25, 0.3) is 5.91 Å². The SMILES string of the molecule is C[C@@H]1CCc2c(sc(NC(=O)c3ccccc3)c2C(=O)[O-])C1. The molecule has 1 aromatic carbocycles. The van der Waals surface area contributed by atoms with Crippen molar-refractivity contribution < 1.29 is 14.7 Å². The first-order chi connectivity index (χ1) is 10.6.